The summed E-state index contributed by atoms with van der Waals surface area (Å²) < 4.78 is 8.36. The lowest BCUT2D eigenvalue weighted by Crippen LogP contribution is -2.27. The molecule has 0 radical (unpaired) electrons. The Labute approximate surface area is 206 Å². The maximum Gasteiger partial charge on any atom is 0.270 e. The van der Waals surface area contributed by atoms with Crippen molar-refractivity contribution in [1.29, 1.82) is 0 Å². The molecule has 1 aliphatic heterocycles. The number of para-hydroxylation sites is 1. The van der Waals surface area contributed by atoms with E-state index in [1.54, 1.807) is 4.90 Å². The smallest absolute Gasteiger partial charge is 0.270 e. The summed E-state index contributed by atoms with van der Waals surface area (Å²) in [6.07, 6.45) is 1.87. The van der Waals surface area contributed by atoms with Crippen LogP contribution in [-0.4, -0.2) is 10.2 Å². The Morgan fingerprint density at radius 1 is 1.07 bits per heavy atom. The van der Waals surface area contributed by atoms with Gasteiger partial charge in [-0.05, 0) is 80.0 Å². The number of carbonyl (C=O) groups excluding carboxylic acids is 1. The summed E-state index contributed by atoms with van der Waals surface area (Å²) in [7, 11) is 0. The summed E-state index contributed by atoms with van der Waals surface area (Å²) in [6.45, 7) is 0.491. The molecule has 0 unspecified atom stereocenters. The van der Waals surface area contributed by atoms with Crippen LogP contribution in [0.1, 0.15) is 11.1 Å². The number of hydrogen-bond donors (Lipinski definition) is 0. The molecule has 3 nitrogen and oxygen atoms in total. The third-order valence-electron chi connectivity index (χ3n) is 4.35. The molecule has 0 aliphatic carbocycles. The van der Waals surface area contributed by atoms with Gasteiger partial charge in [0.25, 0.3) is 5.91 Å². The molecule has 0 saturated carbocycles. The summed E-state index contributed by atoms with van der Waals surface area (Å²) in [5.74, 6) is 0.681. The highest BCUT2D eigenvalue weighted by Crippen LogP contribution is 2.38. The van der Waals surface area contributed by atoms with Crippen molar-refractivity contribution in [3.8, 4) is 5.75 Å². The molecule has 1 saturated heterocycles. The minimum atomic E-state index is -0.105. The van der Waals surface area contributed by atoms with Gasteiger partial charge in [0.15, 0.2) is 4.32 Å². The fourth-order valence-electron chi connectivity index (χ4n) is 2.95. The highest BCUT2D eigenvalue weighted by molar-refractivity contribution is 14.1. The number of thioether (sulfide) groups is 1. The van der Waals surface area contributed by atoms with Crippen molar-refractivity contribution in [2.75, 3.05) is 4.90 Å². The minimum absolute atomic E-state index is 0.105. The minimum Gasteiger partial charge on any atom is -0.487 e. The Kier molecular flexibility index (Phi) is 6.92. The van der Waals surface area contributed by atoms with Crippen molar-refractivity contribution in [1.82, 2.24) is 0 Å². The number of nitrogens with zero attached hydrogens (tertiary/aromatic N) is 1. The first-order valence-corrected chi connectivity index (χ1v) is 12.1. The fraction of sp³-hybridized carbons (Fsp3) is 0.0435. The highest BCUT2D eigenvalue weighted by atomic mass is 127. The second-order valence-electron chi connectivity index (χ2n) is 6.44. The molecule has 0 bridgehead atoms. The number of ether oxygens (including phenoxy) is 1. The number of hydrogen-bond acceptors (Lipinski definition) is 4. The zero-order valence-electron chi connectivity index (χ0n) is 15.5. The molecule has 1 heterocycles. The van der Waals surface area contributed by atoms with Crippen LogP contribution in [0.3, 0.4) is 0 Å². The highest BCUT2D eigenvalue weighted by Gasteiger charge is 2.33. The van der Waals surface area contributed by atoms with E-state index in [2.05, 4.69) is 38.5 Å². The molecule has 1 fully saturated rings. The lowest BCUT2D eigenvalue weighted by molar-refractivity contribution is -0.113. The van der Waals surface area contributed by atoms with Crippen molar-refractivity contribution in [3.63, 3.8) is 0 Å². The van der Waals surface area contributed by atoms with Gasteiger partial charge in [-0.3, -0.25) is 9.69 Å². The normalized spacial score (nSPS) is 15.1. The average Bonchev–Trinajstić information content (AvgIpc) is 3.01. The predicted molar refractivity (Wildman–Crippen MR) is 140 cm³/mol. The monoisotopic (exact) mass is 607 g/mol. The molecule has 1 amide bonds. The van der Waals surface area contributed by atoms with Crippen LogP contribution in [0.15, 0.2) is 82.2 Å². The van der Waals surface area contributed by atoms with Gasteiger partial charge in [0, 0.05) is 0 Å². The number of benzene rings is 3. The maximum absolute atomic E-state index is 12.9. The molecule has 1 aliphatic rings. The van der Waals surface area contributed by atoms with E-state index >= 15 is 0 Å². The van der Waals surface area contributed by atoms with Gasteiger partial charge < -0.3 is 4.74 Å². The zero-order valence-corrected chi connectivity index (χ0v) is 20.9. The van der Waals surface area contributed by atoms with Crippen LogP contribution >= 0.6 is 62.5 Å². The first-order chi connectivity index (χ1) is 14.5. The number of rotatable bonds is 5. The van der Waals surface area contributed by atoms with Crippen molar-refractivity contribution < 1.29 is 9.53 Å². The van der Waals surface area contributed by atoms with Crippen molar-refractivity contribution >= 4 is 84.5 Å². The van der Waals surface area contributed by atoms with Crippen molar-refractivity contribution in [3.05, 3.63) is 96.9 Å². The number of anilines is 1. The van der Waals surface area contributed by atoms with Crippen LogP contribution in [-0.2, 0) is 11.4 Å². The van der Waals surface area contributed by atoms with Gasteiger partial charge >= 0.3 is 0 Å². The van der Waals surface area contributed by atoms with Crippen LogP contribution in [0.4, 0.5) is 5.69 Å². The van der Waals surface area contributed by atoms with E-state index in [-0.39, 0.29) is 5.91 Å². The molecule has 4 rings (SSSR count). The van der Waals surface area contributed by atoms with E-state index in [9.17, 15) is 4.79 Å². The first-order valence-electron chi connectivity index (χ1n) is 9.02. The molecule has 7 heteroatoms. The molecular weight excluding hydrogens is 593 g/mol. The summed E-state index contributed by atoms with van der Waals surface area (Å²) in [5, 5.41) is 0. The van der Waals surface area contributed by atoms with Crippen molar-refractivity contribution in [2.45, 2.75) is 6.61 Å². The van der Waals surface area contributed by atoms with Crippen LogP contribution in [0, 0.1) is 3.57 Å². The molecule has 0 N–H and O–H groups in total. The number of amides is 1. The fourth-order valence-corrected chi connectivity index (χ4v) is 6.02. The van der Waals surface area contributed by atoms with Gasteiger partial charge in [0.05, 0.1) is 18.6 Å². The van der Waals surface area contributed by atoms with E-state index in [1.165, 1.54) is 11.8 Å². The summed E-state index contributed by atoms with van der Waals surface area (Å²) >= 11 is 12.6. The number of halogens is 2. The van der Waals surface area contributed by atoms with Gasteiger partial charge in [-0.2, -0.15) is 0 Å². The molecule has 0 aromatic heterocycles. The predicted octanol–water partition coefficient (Wildman–Crippen LogP) is 7.04. The Balaban J connectivity index is 1.55. The van der Waals surface area contributed by atoms with E-state index in [4.69, 9.17) is 17.0 Å². The van der Waals surface area contributed by atoms with E-state index in [0.717, 1.165) is 30.6 Å². The van der Waals surface area contributed by atoms with Crippen LogP contribution in [0.25, 0.3) is 6.08 Å². The Morgan fingerprint density at radius 3 is 2.40 bits per heavy atom. The van der Waals surface area contributed by atoms with E-state index in [1.807, 2.05) is 78.9 Å². The van der Waals surface area contributed by atoms with Gasteiger partial charge in [-0.1, -0.05) is 72.5 Å². The maximum atomic E-state index is 12.9. The zero-order chi connectivity index (χ0) is 21.1. The lowest BCUT2D eigenvalue weighted by atomic mass is 10.2. The second-order valence-corrected chi connectivity index (χ2v) is 10.1. The third-order valence-corrected chi connectivity index (χ3v) is 7.04. The molecular formula is C23H15BrINO2S2. The standard InChI is InChI=1S/C23H15BrINO2S2/c24-18-11-16(12-19(25)21(18)28-14-15-7-3-1-4-8-15)13-20-22(27)26(23(29)30-20)17-9-5-2-6-10-17/h1-13H,14H2/b20-13+. The summed E-state index contributed by atoms with van der Waals surface area (Å²) in [4.78, 5) is 15.1. The summed E-state index contributed by atoms with van der Waals surface area (Å²) in [5.41, 5.74) is 2.80. The van der Waals surface area contributed by atoms with Crippen LogP contribution in [0.5, 0.6) is 5.75 Å². The van der Waals surface area contributed by atoms with Gasteiger partial charge in [-0.15, -0.1) is 0 Å². The van der Waals surface area contributed by atoms with Crippen LogP contribution < -0.4 is 9.64 Å². The molecule has 30 heavy (non-hydrogen) atoms. The quantitative estimate of drug-likeness (QED) is 0.177. The van der Waals surface area contributed by atoms with E-state index < -0.39 is 0 Å². The first kappa shape index (κ1) is 21.5. The molecule has 0 spiro atoms. The SMILES string of the molecule is O=C1/C(=C\c2cc(Br)c(OCc3ccccc3)c(I)c2)SC(=S)N1c1ccccc1. The second kappa shape index (κ2) is 9.64. The Bertz CT molecular complexity index is 1110. The molecule has 3 aromatic rings. The number of thiocarbonyl (C=S) groups is 1. The molecule has 0 atom stereocenters. The van der Waals surface area contributed by atoms with E-state index in [0.29, 0.717) is 15.8 Å². The van der Waals surface area contributed by atoms with Gasteiger partial charge in [0.1, 0.15) is 12.4 Å². The Hall–Kier alpha value is -1.68. The van der Waals surface area contributed by atoms with Gasteiger partial charge in [0.2, 0.25) is 0 Å². The van der Waals surface area contributed by atoms with Crippen LogP contribution in [0.2, 0.25) is 0 Å². The third kappa shape index (κ3) is 4.80. The number of carbonyl (C=O) groups is 1. The van der Waals surface area contributed by atoms with Gasteiger partial charge in [-0.25, -0.2) is 0 Å². The topological polar surface area (TPSA) is 29.5 Å². The van der Waals surface area contributed by atoms with Crippen molar-refractivity contribution in [2.24, 2.45) is 0 Å². The largest absolute Gasteiger partial charge is 0.487 e. The summed E-state index contributed by atoms with van der Waals surface area (Å²) in [6, 6.07) is 23.5. The molecule has 3 aromatic carbocycles. The average molecular weight is 608 g/mol. The Morgan fingerprint density at radius 2 is 1.73 bits per heavy atom. The molecule has 150 valence electrons. The lowest BCUT2D eigenvalue weighted by Gasteiger charge is -2.14.